The van der Waals surface area contributed by atoms with Crippen LogP contribution in [0.4, 0.5) is 0 Å². The molecule has 2 aromatic heterocycles. The van der Waals surface area contributed by atoms with Crippen molar-refractivity contribution in [2.75, 3.05) is 27.2 Å². The van der Waals surface area contributed by atoms with Gasteiger partial charge in [0.2, 0.25) is 0 Å². The fraction of sp³-hybridized carbons (Fsp3) is 0.292. The van der Waals surface area contributed by atoms with E-state index in [1.165, 1.54) is 17.0 Å². The lowest BCUT2D eigenvalue weighted by Crippen LogP contribution is -2.35. The number of likely N-dealkylation sites (N-methyl/N-ethyl adjacent to an activating group) is 1. The van der Waals surface area contributed by atoms with Crippen molar-refractivity contribution in [3.63, 3.8) is 0 Å². The maximum atomic E-state index is 13.1. The van der Waals surface area contributed by atoms with E-state index >= 15 is 0 Å². The second-order valence-corrected chi connectivity index (χ2v) is 8.32. The number of carbonyl (C=O) groups excluding carboxylic acids is 2. The van der Waals surface area contributed by atoms with Crippen LogP contribution in [0, 0.1) is 13.8 Å². The Bertz CT molecular complexity index is 1260. The summed E-state index contributed by atoms with van der Waals surface area (Å²) in [5.74, 6) is -1.74. The highest BCUT2D eigenvalue weighted by molar-refractivity contribution is 6.46. The summed E-state index contributed by atoms with van der Waals surface area (Å²) in [5.41, 5.74) is 3.03. The molecule has 1 amide bonds. The molecule has 2 N–H and O–H groups in total. The second-order valence-electron chi connectivity index (χ2n) is 8.32. The van der Waals surface area contributed by atoms with Crippen LogP contribution in [0.2, 0.25) is 0 Å². The number of ketones is 1. The predicted molar refractivity (Wildman–Crippen MR) is 120 cm³/mol. The number of phenolic OH excluding ortho intramolecular Hbond substituents is 1. The molecule has 1 aliphatic rings. The van der Waals surface area contributed by atoms with Gasteiger partial charge >= 0.3 is 0 Å². The quantitative estimate of drug-likeness (QED) is 0.364. The van der Waals surface area contributed by atoms with Gasteiger partial charge in [0.15, 0.2) is 5.76 Å². The Hall–Kier alpha value is -3.65. The molecule has 3 heterocycles. The van der Waals surface area contributed by atoms with Gasteiger partial charge < -0.3 is 24.4 Å². The molecule has 1 aliphatic heterocycles. The molecule has 0 aliphatic carbocycles. The molecule has 0 radical (unpaired) electrons. The van der Waals surface area contributed by atoms with E-state index in [-0.39, 0.29) is 29.3 Å². The number of pyridine rings is 1. The maximum absolute atomic E-state index is 13.1. The minimum Gasteiger partial charge on any atom is -0.508 e. The SMILES string of the molecule is Cc1cccn2c(C)c(/C(O)=C3\C(=O)C(=O)N(CCN(C)C)C3c3cccc(O)c3)nc12. The number of hydrogen-bond acceptors (Lipinski definition) is 6. The Balaban J connectivity index is 1.92. The van der Waals surface area contributed by atoms with Crippen molar-refractivity contribution >= 4 is 23.1 Å². The van der Waals surface area contributed by atoms with E-state index in [1.807, 2.05) is 48.6 Å². The summed E-state index contributed by atoms with van der Waals surface area (Å²) in [6.07, 6.45) is 1.84. The van der Waals surface area contributed by atoms with Crippen LogP contribution in [-0.4, -0.2) is 68.3 Å². The van der Waals surface area contributed by atoms with E-state index in [9.17, 15) is 19.8 Å². The van der Waals surface area contributed by atoms with Crippen molar-refractivity contribution < 1.29 is 19.8 Å². The van der Waals surface area contributed by atoms with Crippen LogP contribution >= 0.6 is 0 Å². The number of carbonyl (C=O) groups is 2. The van der Waals surface area contributed by atoms with Crippen LogP contribution in [0.3, 0.4) is 0 Å². The van der Waals surface area contributed by atoms with Crippen molar-refractivity contribution in [2.45, 2.75) is 19.9 Å². The smallest absolute Gasteiger partial charge is 0.295 e. The minimum atomic E-state index is -0.827. The molecule has 8 heteroatoms. The second kappa shape index (κ2) is 8.12. The molecule has 0 bridgehead atoms. The number of aliphatic hydroxyl groups is 1. The molecule has 8 nitrogen and oxygen atoms in total. The Kier molecular flexibility index (Phi) is 5.48. The molecule has 32 heavy (non-hydrogen) atoms. The third kappa shape index (κ3) is 3.52. The summed E-state index contributed by atoms with van der Waals surface area (Å²) in [7, 11) is 3.75. The highest BCUT2D eigenvalue weighted by atomic mass is 16.3. The number of aromatic hydroxyl groups is 1. The highest BCUT2D eigenvalue weighted by Gasteiger charge is 2.46. The van der Waals surface area contributed by atoms with E-state index < -0.39 is 17.7 Å². The average Bonchev–Trinajstić information content (AvgIpc) is 3.22. The van der Waals surface area contributed by atoms with Crippen LogP contribution in [0.1, 0.15) is 28.6 Å². The number of benzene rings is 1. The molecule has 166 valence electrons. The summed E-state index contributed by atoms with van der Waals surface area (Å²) in [5, 5.41) is 21.3. The van der Waals surface area contributed by atoms with E-state index in [1.54, 1.807) is 19.1 Å². The summed E-state index contributed by atoms with van der Waals surface area (Å²) in [6.45, 7) is 4.55. The first-order valence-electron chi connectivity index (χ1n) is 10.4. The number of aryl methyl sites for hydroxylation is 2. The molecule has 1 saturated heterocycles. The zero-order chi connectivity index (χ0) is 23.2. The summed E-state index contributed by atoms with van der Waals surface area (Å²) >= 11 is 0. The first kappa shape index (κ1) is 21.6. The van der Waals surface area contributed by atoms with Gasteiger partial charge in [-0.1, -0.05) is 18.2 Å². The Morgan fingerprint density at radius 1 is 1.16 bits per heavy atom. The minimum absolute atomic E-state index is 0.0141. The van der Waals surface area contributed by atoms with Gasteiger partial charge in [-0.2, -0.15) is 0 Å². The van der Waals surface area contributed by atoms with Crippen molar-refractivity contribution in [3.05, 3.63) is 70.7 Å². The van der Waals surface area contributed by atoms with Crippen molar-refractivity contribution in [3.8, 4) is 5.75 Å². The number of likely N-dealkylation sites (tertiary alicyclic amines) is 1. The molecule has 1 unspecified atom stereocenters. The molecule has 1 atom stereocenters. The first-order valence-corrected chi connectivity index (χ1v) is 10.4. The van der Waals surface area contributed by atoms with Crippen molar-refractivity contribution in [1.82, 2.24) is 19.2 Å². The number of fused-ring (bicyclic) bond motifs is 1. The molecular formula is C24H26N4O4. The van der Waals surface area contributed by atoms with E-state index in [0.29, 0.717) is 23.4 Å². The van der Waals surface area contributed by atoms with Crippen LogP contribution in [0.25, 0.3) is 11.4 Å². The average molecular weight is 434 g/mol. The number of phenols is 1. The summed E-state index contributed by atoms with van der Waals surface area (Å²) in [4.78, 5) is 34.0. The molecule has 4 rings (SSSR count). The predicted octanol–water partition coefficient (Wildman–Crippen LogP) is 2.64. The van der Waals surface area contributed by atoms with E-state index in [4.69, 9.17) is 0 Å². The monoisotopic (exact) mass is 434 g/mol. The van der Waals surface area contributed by atoms with Gasteiger partial charge in [0.25, 0.3) is 11.7 Å². The zero-order valence-corrected chi connectivity index (χ0v) is 18.5. The van der Waals surface area contributed by atoms with Crippen LogP contribution < -0.4 is 0 Å². The third-order valence-corrected chi connectivity index (χ3v) is 5.82. The van der Waals surface area contributed by atoms with Crippen LogP contribution in [0.15, 0.2) is 48.2 Å². The third-order valence-electron chi connectivity index (χ3n) is 5.82. The first-order chi connectivity index (χ1) is 15.2. The molecule has 0 spiro atoms. The number of imidazole rings is 1. The number of nitrogens with zero attached hydrogens (tertiary/aromatic N) is 4. The number of amides is 1. The van der Waals surface area contributed by atoms with Crippen molar-refractivity contribution in [2.24, 2.45) is 0 Å². The lowest BCUT2D eigenvalue weighted by atomic mass is 9.96. The summed E-state index contributed by atoms with van der Waals surface area (Å²) < 4.78 is 1.84. The van der Waals surface area contributed by atoms with Gasteiger partial charge in [0, 0.05) is 19.3 Å². The van der Waals surface area contributed by atoms with Gasteiger partial charge in [-0.05, 0) is 57.3 Å². The Morgan fingerprint density at radius 2 is 1.91 bits per heavy atom. The largest absolute Gasteiger partial charge is 0.508 e. The lowest BCUT2D eigenvalue weighted by Gasteiger charge is -2.26. The van der Waals surface area contributed by atoms with Gasteiger partial charge in [-0.3, -0.25) is 9.59 Å². The number of Topliss-reactive ketones (excluding diaryl/α,β-unsaturated/α-hetero) is 1. The highest BCUT2D eigenvalue weighted by Crippen LogP contribution is 2.40. The Labute approximate surface area is 186 Å². The normalized spacial score (nSPS) is 18.3. The van der Waals surface area contributed by atoms with Gasteiger partial charge in [0.05, 0.1) is 17.3 Å². The fourth-order valence-corrected chi connectivity index (χ4v) is 4.13. The van der Waals surface area contributed by atoms with Gasteiger partial charge in [0.1, 0.15) is 17.1 Å². The topological polar surface area (TPSA) is 98.4 Å². The number of aromatic nitrogens is 2. The Morgan fingerprint density at radius 3 is 2.56 bits per heavy atom. The molecule has 1 fully saturated rings. The molecule has 0 saturated carbocycles. The fourth-order valence-electron chi connectivity index (χ4n) is 4.13. The standard InChI is InChI=1S/C24H26N4O4/c1-14-7-6-10-27-15(2)19(25-23(14)27)21(30)18-20(16-8-5-9-17(29)13-16)28(12-11-26(3)4)24(32)22(18)31/h5-10,13,20,29-30H,11-12H2,1-4H3/b21-18+. The van der Waals surface area contributed by atoms with Crippen LogP contribution in [-0.2, 0) is 9.59 Å². The maximum Gasteiger partial charge on any atom is 0.295 e. The summed E-state index contributed by atoms with van der Waals surface area (Å²) in [6, 6.07) is 9.37. The van der Waals surface area contributed by atoms with Gasteiger partial charge in [-0.15, -0.1) is 0 Å². The van der Waals surface area contributed by atoms with E-state index in [0.717, 1.165) is 5.56 Å². The van der Waals surface area contributed by atoms with Crippen LogP contribution in [0.5, 0.6) is 5.75 Å². The van der Waals surface area contributed by atoms with Gasteiger partial charge in [-0.25, -0.2) is 4.98 Å². The van der Waals surface area contributed by atoms with Crippen molar-refractivity contribution in [1.29, 1.82) is 0 Å². The lowest BCUT2D eigenvalue weighted by molar-refractivity contribution is -0.140. The number of aliphatic hydroxyl groups excluding tert-OH is 1. The zero-order valence-electron chi connectivity index (χ0n) is 18.5. The molecule has 1 aromatic carbocycles. The number of rotatable bonds is 5. The molecule has 3 aromatic rings. The molecular weight excluding hydrogens is 408 g/mol. The number of hydrogen-bond donors (Lipinski definition) is 2. The van der Waals surface area contributed by atoms with E-state index in [2.05, 4.69) is 4.98 Å².